The summed E-state index contributed by atoms with van der Waals surface area (Å²) in [5, 5.41) is 0. The molecule has 0 rings (SSSR count). The molecular weight excluding hydrogens is 132 g/mol. The van der Waals surface area contributed by atoms with Crippen LogP contribution in [0.4, 0.5) is 4.39 Å². The highest BCUT2D eigenvalue weighted by Gasteiger charge is 2.13. The molecule has 2 atom stereocenters. The van der Waals surface area contributed by atoms with Crippen molar-refractivity contribution in [2.24, 2.45) is 0 Å². The van der Waals surface area contributed by atoms with E-state index in [2.05, 4.69) is 5.73 Å². The monoisotopic (exact) mass is 140 g/mol. The first-order chi connectivity index (χ1) is 3.66. The molecule has 0 radical (unpaired) electrons. The van der Waals surface area contributed by atoms with Crippen LogP contribution in [0.25, 0.3) is 0 Å². The molecule has 0 heterocycles. The molecule has 1 unspecified atom stereocenters. The van der Waals surface area contributed by atoms with E-state index in [1.807, 2.05) is 0 Å². The van der Waals surface area contributed by atoms with E-state index in [0.717, 1.165) is 0 Å². The zero-order chi connectivity index (χ0) is 6.57. The zero-order valence-corrected chi connectivity index (χ0v) is 5.23. The van der Waals surface area contributed by atoms with E-state index in [1.54, 1.807) is 0 Å². The van der Waals surface area contributed by atoms with E-state index in [4.69, 9.17) is 0 Å². The van der Waals surface area contributed by atoms with Crippen molar-refractivity contribution >= 4 is 8.03 Å². The second kappa shape index (κ2) is 3.89. The van der Waals surface area contributed by atoms with Gasteiger partial charge in [-0.2, -0.15) is 0 Å². The van der Waals surface area contributed by atoms with Gasteiger partial charge in [-0.05, 0) is 0 Å². The van der Waals surface area contributed by atoms with Crippen molar-refractivity contribution < 1.29 is 19.6 Å². The SMILES string of the molecule is [NH3+]C[C@@H](F)C[P+](=O)[O-]. The number of rotatable bonds is 3. The second-order valence-electron chi connectivity index (χ2n) is 1.40. The van der Waals surface area contributed by atoms with Gasteiger partial charge in [-0.1, -0.05) is 4.57 Å². The van der Waals surface area contributed by atoms with E-state index in [0.29, 0.717) is 0 Å². The van der Waals surface area contributed by atoms with E-state index in [1.165, 1.54) is 0 Å². The largest absolute Gasteiger partial charge is 0.595 e. The number of alkyl halides is 1. The summed E-state index contributed by atoms with van der Waals surface area (Å²) in [6.07, 6.45) is -1.67. The topological polar surface area (TPSA) is 67.8 Å². The van der Waals surface area contributed by atoms with Crippen molar-refractivity contribution in [3.8, 4) is 0 Å². The van der Waals surface area contributed by atoms with E-state index in [9.17, 15) is 13.8 Å². The van der Waals surface area contributed by atoms with Crippen molar-refractivity contribution in [1.29, 1.82) is 0 Å². The van der Waals surface area contributed by atoms with Crippen LogP contribution in [0, 0.1) is 0 Å². The lowest BCUT2D eigenvalue weighted by Gasteiger charge is -1.92. The Morgan fingerprint density at radius 3 is 2.50 bits per heavy atom. The molecule has 0 aromatic heterocycles. The quantitative estimate of drug-likeness (QED) is 0.493. The summed E-state index contributed by atoms with van der Waals surface area (Å²) in [6.45, 7) is 0.0311. The summed E-state index contributed by atoms with van der Waals surface area (Å²) in [6, 6.07) is 0. The summed E-state index contributed by atoms with van der Waals surface area (Å²) in [5.74, 6) is 0. The lowest BCUT2D eigenvalue weighted by molar-refractivity contribution is -0.377. The normalized spacial score (nSPS) is 15.6. The zero-order valence-electron chi connectivity index (χ0n) is 4.34. The van der Waals surface area contributed by atoms with Gasteiger partial charge in [-0.25, -0.2) is 4.39 Å². The third-order valence-electron chi connectivity index (χ3n) is 0.660. The van der Waals surface area contributed by atoms with Crippen LogP contribution in [0.2, 0.25) is 0 Å². The predicted molar refractivity (Wildman–Crippen MR) is 25.1 cm³/mol. The first kappa shape index (κ1) is 7.95. The fraction of sp³-hybridized carbons (Fsp3) is 1.00. The highest BCUT2D eigenvalue weighted by molar-refractivity contribution is 7.36. The Kier molecular flexibility index (Phi) is 3.87. The van der Waals surface area contributed by atoms with Crippen LogP contribution < -0.4 is 10.6 Å². The molecule has 0 saturated carbocycles. The molecule has 48 valence electrons. The molecule has 5 heteroatoms. The molecular formula is C3H8FNO2P+. The minimum absolute atomic E-state index is 0.0311. The van der Waals surface area contributed by atoms with Gasteiger partial charge >= 0.3 is 8.03 Å². The lowest BCUT2D eigenvalue weighted by Crippen LogP contribution is -2.55. The minimum atomic E-state index is -2.56. The first-order valence-corrected chi connectivity index (χ1v) is 3.58. The van der Waals surface area contributed by atoms with Crippen molar-refractivity contribution in [2.75, 3.05) is 12.7 Å². The van der Waals surface area contributed by atoms with Gasteiger partial charge in [0.2, 0.25) is 0 Å². The van der Waals surface area contributed by atoms with Crippen molar-refractivity contribution in [3.05, 3.63) is 0 Å². The summed E-state index contributed by atoms with van der Waals surface area (Å²) in [4.78, 5) is 9.74. The molecule has 0 fully saturated rings. The Hall–Kier alpha value is -0.0500. The van der Waals surface area contributed by atoms with Gasteiger partial charge in [0.1, 0.15) is 6.54 Å². The molecule has 0 aromatic carbocycles. The Morgan fingerprint density at radius 2 is 2.38 bits per heavy atom. The fourth-order valence-electron chi connectivity index (χ4n) is 0.253. The van der Waals surface area contributed by atoms with Gasteiger partial charge in [-0.15, -0.1) is 0 Å². The molecule has 0 aliphatic heterocycles. The summed E-state index contributed by atoms with van der Waals surface area (Å²) < 4.78 is 21.7. The molecule has 0 saturated heterocycles. The minimum Gasteiger partial charge on any atom is -0.595 e. The van der Waals surface area contributed by atoms with Crippen molar-refractivity contribution in [1.82, 2.24) is 0 Å². The molecule has 0 spiro atoms. The molecule has 0 aliphatic rings. The first-order valence-electron chi connectivity index (χ1n) is 2.22. The van der Waals surface area contributed by atoms with Crippen LogP contribution in [0.1, 0.15) is 0 Å². The lowest BCUT2D eigenvalue weighted by atomic mass is 10.5. The molecule has 3 nitrogen and oxygen atoms in total. The standard InChI is InChI=1S/C3H7FNO2P/c4-3(1-5)2-8(6)7/h3H,1-2,5H2/p+1/t3-/m1/s1. The summed E-state index contributed by atoms with van der Waals surface area (Å²) >= 11 is 0. The molecule has 8 heavy (non-hydrogen) atoms. The Balaban J connectivity index is 3.24. The van der Waals surface area contributed by atoms with Gasteiger partial charge < -0.3 is 10.6 Å². The van der Waals surface area contributed by atoms with Crippen LogP contribution >= 0.6 is 8.03 Å². The van der Waals surface area contributed by atoms with Crippen LogP contribution in [0.3, 0.4) is 0 Å². The maximum atomic E-state index is 11.9. The van der Waals surface area contributed by atoms with Crippen LogP contribution in [-0.4, -0.2) is 18.9 Å². The second-order valence-corrected chi connectivity index (χ2v) is 2.43. The number of hydrogen-bond acceptors (Lipinski definition) is 2. The molecule has 3 N–H and O–H groups in total. The smallest absolute Gasteiger partial charge is 0.312 e. The fourth-order valence-corrected chi connectivity index (χ4v) is 0.759. The Bertz CT molecular complexity index is 89.4. The van der Waals surface area contributed by atoms with Crippen molar-refractivity contribution in [3.63, 3.8) is 0 Å². The average molecular weight is 140 g/mol. The third-order valence-corrected chi connectivity index (χ3v) is 1.35. The van der Waals surface area contributed by atoms with E-state index >= 15 is 0 Å². The van der Waals surface area contributed by atoms with Gasteiger partial charge in [0.05, 0.1) is 0 Å². The molecule has 0 aliphatic carbocycles. The van der Waals surface area contributed by atoms with Crippen molar-refractivity contribution in [2.45, 2.75) is 6.17 Å². The Labute approximate surface area is 47.6 Å². The number of quaternary nitrogens is 1. The summed E-state index contributed by atoms with van der Waals surface area (Å²) in [7, 11) is -2.56. The Morgan fingerprint density at radius 1 is 1.88 bits per heavy atom. The maximum Gasteiger partial charge on any atom is 0.312 e. The van der Waals surface area contributed by atoms with E-state index in [-0.39, 0.29) is 6.54 Å². The molecule has 0 aromatic rings. The average Bonchev–Trinajstić information content (AvgIpc) is 1.65. The maximum absolute atomic E-state index is 11.9. The van der Waals surface area contributed by atoms with Gasteiger partial charge in [-0.3, -0.25) is 0 Å². The van der Waals surface area contributed by atoms with Crippen LogP contribution in [0.5, 0.6) is 0 Å². The number of halogens is 1. The van der Waals surface area contributed by atoms with Gasteiger partial charge in [0, 0.05) is 0 Å². The number of hydrogen-bond donors (Lipinski definition) is 1. The highest BCUT2D eigenvalue weighted by atomic mass is 31.1. The van der Waals surface area contributed by atoms with Gasteiger partial charge in [0.25, 0.3) is 0 Å². The van der Waals surface area contributed by atoms with E-state index < -0.39 is 20.4 Å². The van der Waals surface area contributed by atoms with Crippen LogP contribution in [-0.2, 0) is 4.57 Å². The predicted octanol–water partition coefficient (Wildman–Crippen LogP) is -1.33. The van der Waals surface area contributed by atoms with Crippen LogP contribution in [0.15, 0.2) is 0 Å². The molecule has 0 amide bonds. The third kappa shape index (κ3) is 4.12. The van der Waals surface area contributed by atoms with Gasteiger partial charge in [0.15, 0.2) is 12.3 Å². The molecule has 0 bridgehead atoms. The highest BCUT2D eigenvalue weighted by Crippen LogP contribution is 2.09. The summed E-state index contributed by atoms with van der Waals surface area (Å²) in [5.41, 5.74) is 3.20.